The van der Waals surface area contributed by atoms with E-state index in [0.29, 0.717) is 31.2 Å². The second-order valence-corrected chi connectivity index (χ2v) is 6.27. The van der Waals surface area contributed by atoms with Crippen molar-refractivity contribution in [1.82, 2.24) is 15.1 Å². The molecule has 2 atom stereocenters. The number of hydrogen-bond acceptors (Lipinski definition) is 3. The number of aromatic nitrogens is 2. The molecule has 1 aliphatic rings. The largest absolute Gasteiger partial charge is 0.379 e. The van der Waals surface area contributed by atoms with Gasteiger partial charge in [0.1, 0.15) is 5.67 Å². The Bertz CT molecular complexity index is 470. The highest BCUT2D eigenvalue weighted by Crippen LogP contribution is 2.30. The van der Waals surface area contributed by atoms with Crippen LogP contribution in [0.3, 0.4) is 0 Å². The van der Waals surface area contributed by atoms with Gasteiger partial charge in [0.15, 0.2) is 0 Å². The summed E-state index contributed by atoms with van der Waals surface area (Å²) in [5.74, 6) is 0. The zero-order chi connectivity index (χ0) is 15.5. The minimum atomic E-state index is -1.33. The molecule has 1 fully saturated rings. The number of ether oxygens (including phenoxy) is 1. The van der Waals surface area contributed by atoms with Crippen molar-refractivity contribution in [1.29, 1.82) is 0 Å². The van der Waals surface area contributed by atoms with E-state index in [4.69, 9.17) is 16.3 Å². The van der Waals surface area contributed by atoms with E-state index in [-0.39, 0.29) is 12.5 Å². The van der Waals surface area contributed by atoms with Gasteiger partial charge in [-0.25, -0.2) is 4.39 Å². The van der Waals surface area contributed by atoms with Crippen LogP contribution in [0.5, 0.6) is 0 Å². The van der Waals surface area contributed by atoms with Crippen molar-refractivity contribution >= 4 is 11.6 Å². The Balaban J connectivity index is 2.09. The van der Waals surface area contributed by atoms with Gasteiger partial charge in [0.2, 0.25) is 0 Å². The molecule has 21 heavy (non-hydrogen) atoms. The minimum absolute atomic E-state index is 0.0659. The number of hydrogen-bond donors (Lipinski definition) is 1. The fourth-order valence-electron chi connectivity index (χ4n) is 2.87. The van der Waals surface area contributed by atoms with Gasteiger partial charge >= 0.3 is 0 Å². The van der Waals surface area contributed by atoms with Gasteiger partial charge in [0.05, 0.1) is 29.6 Å². The third-order valence-electron chi connectivity index (χ3n) is 3.90. The van der Waals surface area contributed by atoms with E-state index in [1.165, 1.54) is 0 Å². The van der Waals surface area contributed by atoms with Crippen molar-refractivity contribution in [2.24, 2.45) is 0 Å². The number of morpholine rings is 1. The molecule has 0 spiro atoms. The molecule has 0 bridgehead atoms. The number of aryl methyl sites for hydroxylation is 2. The van der Waals surface area contributed by atoms with Gasteiger partial charge in [0, 0.05) is 25.6 Å². The van der Waals surface area contributed by atoms with Crippen LogP contribution >= 0.6 is 11.6 Å². The molecule has 1 aromatic heterocycles. The van der Waals surface area contributed by atoms with Crippen molar-refractivity contribution in [2.45, 2.75) is 58.3 Å². The third-order valence-corrected chi connectivity index (χ3v) is 4.34. The lowest BCUT2D eigenvalue weighted by atomic mass is 9.93. The van der Waals surface area contributed by atoms with Crippen LogP contribution in [0.15, 0.2) is 0 Å². The standard InChI is InChI=1S/C15H25ClFN3O/c1-4-12-14(16)13(20(5-2)19-12)9-15(3,17)8-11-10-21-7-6-18-11/h11,18H,4-10H2,1-3H3. The molecule has 1 aliphatic heterocycles. The Morgan fingerprint density at radius 2 is 2.29 bits per heavy atom. The summed E-state index contributed by atoms with van der Waals surface area (Å²) in [6.07, 6.45) is 1.46. The van der Waals surface area contributed by atoms with E-state index in [0.717, 1.165) is 24.4 Å². The van der Waals surface area contributed by atoms with E-state index in [1.807, 2.05) is 18.5 Å². The first-order valence-electron chi connectivity index (χ1n) is 7.71. The van der Waals surface area contributed by atoms with Gasteiger partial charge in [-0.2, -0.15) is 5.10 Å². The third kappa shape index (κ3) is 4.18. The number of nitrogens with one attached hydrogen (secondary N) is 1. The first-order valence-corrected chi connectivity index (χ1v) is 8.08. The summed E-state index contributed by atoms with van der Waals surface area (Å²) in [6, 6.07) is 0.0659. The minimum Gasteiger partial charge on any atom is -0.379 e. The molecule has 0 radical (unpaired) electrons. The molecule has 2 unspecified atom stereocenters. The highest BCUT2D eigenvalue weighted by Gasteiger charge is 2.32. The zero-order valence-electron chi connectivity index (χ0n) is 13.1. The van der Waals surface area contributed by atoms with Gasteiger partial charge in [-0.15, -0.1) is 0 Å². The lowest BCUT2D eigenvalue weighted by Gasteiger charge is -2.30. The highest BCUT2D eigenvalue weighted by molar-refractivity contribution is 6.31. The number of nitrogens with zero attached hydrogens (tertiary/aromatic N) is 2. The maximum Gasteiger partial charge on any atom is 0.115 e. The van der Waals surface area contributed by atoms with Crippen LogP contribution in [0.1, 0.15) is 38.6 Å². The summed E-state index contributed by atoms with van der Waals surface area (Å²) in [5, 5.41) is 8.38. The molecule has 0 saturated carbocycles. The average Bonchev–Trinajstić information content (AvgIpc) is 2.75. The van der Waals surface area contributed by atoms with Crippen LogP contribution in [0.4, 0.5) is 4.39 Å². The molecule has 4 nitrogen and oxygen atoms in total. The maximum atomic E-state index is 15.0. The van der Waals surface area contributed by atoms with Crippen molar-refractivity contribution in [3.8, 4) is 0 Å². The molecule has 1 N–H and O–H groups in total. The van der Waals surface area contributed by atoms with Crippen LogP contribution in [0.2, 0.25) is 5.02 Å². The Hall–Kier alpha value is -0.650. The molecule has 0 aliphatic carbocycles. The predicted molar refractivity (Wildman–Crippen MR) is 82.7 cm³/mol. The summed E-state index contributed by atoms with van der Waals surface area (Å²) >= 11 is 6.37. The molecule has 6 heteroatoms. The number of rotatable bonds is 6. The van der Waals surface area contributed by atoms with Gasteiger partial charge in [-0.1, -0.05) is 18.5 Å². The van der Waals surface area contributed by atoms with Gasteiger partial charge < -0.3 is 10.1 Å². The molecular formula is C15H25ClFN3O. The monoisotopic (exact) mass is 317 g/mol. The lowest BCUT2D eigenvalue weighted by Crippen LogP contribution is -2.45. The predicted octanol–water partition coefficient (Wildman–Crippen LogP) is 2.77. The molecule has 1 saturated heterocycles. The Kier molecular flexibility index (Phi) is 5.63. The summed E-state index contributed by atoms with van der Waals surface area (Å²) in [4.78, 5) is 0. The Morgan fingerprint density at radius 1 is 1.52 bits per heavy atom. The van der Waals surface area contributed by atoms with E-state index >= 15 is 0 Å². The van der Waals surface area contributed by atoms with Gasteiger partial charge in [-0.05, 0) is 26.7 Å². The normalized spacial score (nSPS) is 22.2. The van der Waals surface area contributed by atoms with Crippen molar-refractivity contribution < 1.29 is 9.13 Å². The average molecular weight is 318 g/mol. The molecule has 120 valence electrons. The smallest absolute Gasteiger partial charge is 0.115 e. The fraction of sp³-hybridized carbons (Fsp3) is 0.800. The summed E-state index contributed by atoms with van der Waals surface area (Å²) in [7, 11) is 0. The zero-order valence-corrected chi connectivity index (χ0v) is 13.8. The van der Waals surface area contributed by atoms with Gasteiger partial charge in [-0.3, -0.25) is 4.68 Å². The lowest BCUT2D eigenvalue weighted by molar-refractivity contribution is 0.0478. The van der Waals surface area contributed by atoms with Crippen molar-refractivity contribution in [3.05, 3.63) is 16.4 Å². The van der Waals surface area contributed by atoms with Crippen LogP contribution in [0.25, 0.3) is 0 Å². The highest BCUT2D eigenvalue weighted by atomic mass is 35.5. The Morgan fingerprint density at radius 3 is 2.86 bits per heavy atom. The van der Waals surface area contributed by atoms with Crippen LogP contribution < -0.4 is 5.32 Å². The maximum absolute atomic E-state index is 15.0. The van der Waals surface area contributed by atoms with E-state index in [9.17, 15) is 4.39 Å². The van der Waals surface area contributed by atoms with Crippen molar-refractivity contribution in [3.63, 3.8) is 0 Å². The second kappa shape index (κ2) is 7.07. The van der Waals surface area contributed by atoms with E-state index in [2.05, 4.69) is 10.4 Å². The fourth-order valence-corrected chi connectivity index (χ4v) is 3.21. The first-order chi connectivity index (χ1) is 9.96. The van der Waals surface area contributed by atoms with E-state index < -0.39 is 5.67 Å². The number of alkyl halides is 1. The number of halogens is 2. The molecule has 0 aromatic carbocycles. The molecule has 0 amide bonds. The molecule has 2 heterocycles. The quantitative estimate of drug-likeness (QED) is 0.877. The molecule has 2 rings (SSSR count). The summed E-state index contributed by atoms with van der Waals surface area (Å²) in [5.41, 5.74) is 0.321. The second-order valence-electron chi connectivity index (χ2n) is 5.90. The summed E-state index contributed by atoms with van der Waals surface area (Å²) in [6.45, 7) is 8.41. The van der Waals surface area contributed by atoms with E-state index in [1.54, 1.807) is 6.92 Å². The SMILES string of the molecule is CCc1nn(CC)c(CC(C)(F)CC2COCCN2)c1Cl. The Labute approximate surface area is 131 Å². The van der Waals surface area contributed by atoms with Crippen LogP contribution in [-0.2, 0) is 24.1 Å². The van der Waals surface area contributed by atoms with Crippen LogP contribution in [0, 0.1) is 0 Å². The first kappa shape index (κ1) is 16.7. The topological polar surface area (TPSA) is 39.1 Å². The van der Waals surface area contributed by atoms with Crippen LogP contribution in [-0.4, -0.2) is 41.2 Å². The van der Waals surface area contributed by atoms with Gasteiger partial charge in [0.25, 0.3) is 0 Å². The van der Waals surface area contributed by atoms with Crippen molar-refractivity contribution in [2.75, 3.05) is 19.8 Å². The molecular weight excluding hydrogens is 293 g/mol. The molecule has 1 aromatic rings. The summed E-state index contributed by atoms with van der Waals surface area (Å²) < 4.78 is 22.2.